The third-order valence-corrected chi connectivity index (χ3v) is 13.9. The summed E-state index contributed by atoms with van der Waals surface area (Å²) in [5, 5.41) is 0. The van der Waals surface area contributed by atoms with Crippen LogP contribution in [0.5, 0.6) is 0 Å². The van der Waals surface area contributed by atoms with E-state index in [1.165, 1.54) is 10.5 Å². The summed E-state index contributed by atoms with van der Waals surface area (Å²) in [4.78, 5) is 1.53. The molecule has 0 aliphatic carbocycles. The maximum atomic E-state index is 2.29. The minimum absolute atomic E-state index is 0.585. The standard InChI is InChI=1S/C9H10S4Se/c1-6(2)7-4-3-5-8-9(7)10-11-12-13-14-8/h3-6H,1-2H3. The second-order valence-electron chi connectivity index (χ2n) is 3.20. The summed E-state index contributed by atoms with van der Waals surface area (Å²) < 4.78 is 1.57. The van der Waals surface area contributed by atoms with Crippen molar-refractivity contribution >= 4 is 58.0 Å². The molecule has 14 heavy (non-hydrogen) atoms. The van der Waals surface area contributed by atoms with Crippen molar-refractivity contribution in [1.29, 1.82) is 0 Å². The number of benzene rings is 1. The van der Waals surface area contributed by atoms with E-state index in [0.29, 0.717) is 19.8 Å². The van der Waals surface area contributed by atoms with E-state index in [-0.39, 0.29) is 0 Å². The van der Waals surface area contributed by atoms with Crippen molar-refractivity contribution in [2.75, 3.05) is 0 Å². The fourth-order valence-corrected chi connectivity index (χ4v) is 15.2. The fraction of sp³-hybridized carbons (Fsp3) is 0.333. The van der Waals surface area contributed by atoms with Crippen LogP contribution >= 0.6 is 39.7 Å². The van der Waals surface area contributed by atoms with Crippen molar-refractivity contribution in [3.8, 4) is 0 Å². The quantitative estimate of drug-likeness (QED) is 0.563. The molecule has 0 spiro atoms. The number of hydrogen-bond donors (Lipinski definition) is 0. The van der Waals surface area contributed by atoms with Crippen LogP contribution in [0.3, 0.4) is 0 Å². The Morgan fingerprint density at radius 3 is 2.86 bits per heavy atom. The zero-order valence-corrected chi connectivity index (χ0v) is 12.8. The molecule has 1 heterocycles. The Hall–Kier alpha value is 1.14. The van der Waals surface area contributed by atoms with Gasteiger partial charge in [0, 0.05) is 0 Å². The van der Waals surface area contributed by atoms with Gasteiger partial charge in [0.2, 0.25) is 0 Å². The fourth-order valence-electron chi connectivity index (χ4n) is 1.25. The molecule has 0 saturated heterocycles. The second kappa shape index (κ2) is 5.46. The predicted octanol–water partition coefficient (Wildman–Crippen LogP) is 4.10. The van der Waals surface area contributed by atoms with Crippen LogP contribution < -0.4 is 4.46 Å². The first kappa shape index (κ1) is 11.6. The zero-order chi connectivity index (χ0) is 9.97. The third-order valence-electron chi connectivity index (χ3n) is 1.93. The van der Waals surface area contributed by atoms with Gasteiger partial charge in [-0.2, -0.15) is 0 Å². The van der Waals surface area contributed by atoms with Gasteiger partial charge in [0.1, 0.15) is 0 Å². The number of hydrogen-bond acceptors (Lipinski definition) is 4. The monoisotopic (exact) mass is 326 g/mol. The zero-order valence-electron chi connectivity index (χ0n) is 7.85. The predicted molar refractivity (Wildman–Crippen MR) is 74.5 cm³/mol. The second-order valence-corrected chi connectivity index (χ2v) is 13.1. The van der Waals surface area contributed by atoms with Crippen LogP contribution in [0.4, 0.5) is 0 Å². The molecule has 0 N–H and O–H groups in total. The Morgan fingerprint density at radius 2 is 2.07 bits per heavy atom. The molecule has 0 nitrogen and oxygen atoms in total. The van der Waals surface area contributed by atoms with Crippen LogP contribution in [0.2, 0.25) is 0 Å². The van der Waals surface area contributed by atoms with Gasteiger partial charge in [0.05, 0.1) is 0 Å². The van der Waals surface area contributed by atoms with Crippen molar-refractivity contribution in [2.24, 2.45) is 0 Å². The normalized spacial score (nSPS) is 16.5. The molecule has 1 aromatic rings. The first-order chi connectivity index (χ1) is 6.79. The molecular weight excluding hydrogens is 315 g/mol. The average Bonchev–Trinajstić information content (AvgIpc) is 2.41. The van der Waals surface area contributed by atoms with Gasteiger partial charge in [0.15, 0.2) is 0 Å². The van der Waals surface area contributed by atoms with E-state index in [1.807, 2.05) is 39.7 Å². The van der Waals surface area contributed by atoms with Crippen LogP contribution in [0.15, 0.2) is 23.1 Å². The molecule has 0 aromatic heterocycles. The SMILES string of the molecule is CC(C)c1cccc2c1SSSS[Se]2. The summed E-state index contributed by atoms with van der Waals surface area (Å²) in [5.41, 5.74) is 1.52. The summed E-state index contributed by atoms with van der Waals surface area (Å²) in [5.74, 6) is 0.641. The first-order valence-corrected chi connectivity index (χ1v) is 12.0. The summed E-state index contributed by atoms with van der Waals surface area (Å²) >= 11 is 0.585. The van der Waals surface area contributed by atoms with Gasteiger partial charge >= 0.3 is 106 Å². The number of rotatable bonds is 1. The Balaban J connectivity index is 2.42. The van der Waals surface area contributed by atoms with E-state index < -0.39 is 0 Å². The van der Waals surface area contributed by atoms with Crippen LogP contribution in [0, 0.1) is 0 Å². The van der Waals surface area contributed by atoms with Gasteiger partial charge in [-0.25, -0.2) is 0 Å². The molecule has 0 radical (unpaired) electrons. The van der Waals surface area contributed by atoms with Gasteiger partial charge in [-0.15, -0.1) is 0 Å². The molecule has 0 fully saturated rings. The molecule has 0 saturated carbocycles. The Labute approximate surface area is 106 Å². The molecule has 0 amide bonds. The van der Waals surface area contributed by atoms with Crippen molar-refractivity contribution in [2.45, 2.75) is 24.7 Å². The van der Waals surface area contributed by atoms with Crippen molar-refractivity contribution in [3.63, 3.8) is 0 Å². The third kappa shape index (κ3) is 2.63. The Kier molecular flexibility index (Phi) is 4.53. The summed E-state index contributed by atoms with van der Waals surface area (Å²) in [6, 6.07) is 6.76. The van der Waals surface area contributed by atoms with Crippen molar-refractivity contribution in [1.82, 2.24) is 0 Å². The van der Waals surface area contributed by atoms with Gasteiger partial charge in [-0.05, 0) is 0 Å². The molecule has 1 aliphatic heterocycles. The van der Waals surface area contributed by atoms with Crippen LogP contribution in [0.25, 0.3) is 0 Å². The topological polar surface area (TPSA) is 0 Å². The summed E-state index contributed by atoms with van der Waals surface area (Å²) in [6.45, 7) is 4.55. The van der Waals surface area contributed by atoms with E-state index in [9.17, 15) is 0 Å². The molecule has 1 aliphatic rings. The van der Waals surface area contributed by atoms with E-state index in [2.05, 4.69) is 32.0 Å². The molecule has 0 atom stereocenters. The Morgan fingerprint density at radius 1 is 1.21 bits per heavy atom. The van der Waals surface area contributed by atoms with E-state index in [0.717, 1.165) is 0 Å². The summed E-state index contributed by atoms with van der Waals surface area (Å²) in [7, 11) is 7.76. The average molecular weight is 325 g/mol. The van der Waals surface area contributed by atoms with Crippen molar-refractivity contribution in [3.05, 3.63) is 23.8 Å². The minimum atomic E-state index is 0.585. The first-order valence-electron chi connectivity index (χ1n) is 4.26. The van der Waals surface area contributed by atoms with Crippen LogP contribution in [-0.4, -0.2) is 13.8 Å². The van der Waals surface area contributed by atoms with E-state index in [1.54, 1.807) is 4.46 Å². The molecule has 0 unspecified atom stereocenters. The van der Waals surface area contributed by atoms with Gasteiger partial charge in [-0.3, -0.25) is 0 Å². The van der Waals surface area contributed by atoms with Gasteiger partial charge < -0.3 is 0 Å². The molecule has 2 rings (SSSR count). The van der Waals surface area contributed by atoms with Crippen molar-refractivity contribution < 1.29 is 0 Å². The van der Waals surface area contributed by atoms with E-state index >= 15 is 0 Å². The Bertz CT molecular complexity index is 327. The molecule has 76 valence electrons. The molecule has 0 bridgehead atoms. The number of fused-ring (bicyclic) bond motifs is 1. The van der Waals surface area contributed by atoms with Gasteiger partial charge in [0.25, 0.3) is 0 Å². The molecular formula is C9H10S4Se. The van der Waals surface area contributed by atoms with Gasteiger partial charge in [-0.1, -0.05) is 0 Å². The molecule has 1 aromatic carbocycles. The maximum absolute atomic E-state index is 2.29. The van der Waals surface area contributed by atoms with Crippen LogP contribution in [-0.2, 0) is 0 Å². The van der Waals surface area contributed by atoms with E-state index in [4.69, 9.17) is 0 Å². The summed E-state index contributed by atoms with van der Waals surface area (Å²) in [6.07, 6.45) is 0. The van der Waals surface area contributed by atoms with Crippen LogP contribution in [0.1, 0.15) is 25.3 Å². The molecule has 5 heteroatoms.